The van der Waals surface area contributed by atoms with E-state index in [0.29, 0.717) is 10.8 Å². The highest BCUT2D eigenvalue weighted by Crippen LogP contribution is 2.40. The van der Waals surface area contributed by atoms with Crippen LogP contribution in [0.1, 0.15) is 0 Å². The molecular weight excluding hydrogens is 497 g/mol. The molecule has 174 valence electrons. The summed E-state index contributed by atoms with van der Waals surface area (Å²) in [5.74, 6) is -1.78. The molecule has 0 atom stereocenters. The van der Waals surface area contributed by atoms with Crippen LogP contribution in [0.2, 0.25) is 0 Å². The Bertz CT molecular complexity index is 1460. The predicted octanol–water partition coefficient (Wildman–Crippen LogP) is 5.81. The van der Waals surface area contributed by atoms with Crippen LogP contribution >= 0.6 is 23.5 Å². The lowest BCUT2D eigenvalue weighted by Gasteiger charge is -2.15. The van der Waals surface area contributed by atoms with E-state index >= 15 is 0 Å². The van der Waals surface area contributed by atoms with Gasteiger partial charge in [-0.05, 0) is 54.6 Å². The quantitative estimate of drug-likeness (QED) is 0.201. The topological polar surface area (TPSA) is 104 Å². The fraction of sp³-hybridized carbons (Fsp3) is 0.0417. The van der Waals surface area contributed by atoms with Crippen LogP contribution in [-0.2, 0) is 14.8 Å². The van der Waals surface area contributed by atoms with Gasteiger partial charge < -0.3 is 10.2 Å². The van der Waals surface area contributed by atoms with E-state index in [-0.39, 0.29) is 32.8 Å². The lowest BCUT2D eigenvalue weighted by atomic mass is 10.1. The standard InChI is InChI=1S/C24H18FNO5S3/c25-15-5-7-16(8-6-15)33-17-9-11-18(12-10-17)34(30,31)26-21-13-22(32-14-23(27)28)24(29)20-4-2-1-3-19(20)21/h1-13,26,29H,14H2,(H,27,28). The molecule has 0 bridgehead atoms. The highest BCUT2D eigenvalue weighted by molar-refractivity contribution is 8.00. The van der Waals surface area contributed by atoms with Crippen LogP contribution in [0.25, 0.3) is 10.8 Å². The number of hydrogen-bond acceptors (Lipinski definition) is 6. The van der Waals surface area contributed by atoms with Gasteiger partial charge in [0, 0.05) is 20.6 Å². The number of thioether (sulfide) groups is 1. The second-order valence-electron chi connectivity index (χ2n) is 7.13. The molecule has 10 heteroatoms. The number of hydrogen-bond donors (Lipinski definition) is 3. The van der Waals surface area contributed by atoms with Crippen molar-refractivity contribution in [1.82, 2.24) is 0 Å². The van der Waals surface area contributed by atoms with Crippen LogP contribution in [0, 0.1) is 5.82 Å². The summed E-state index contributed by atoms with van der Waals surface area (Å²) in [4.78, 5) is 12.9. The van der Waals surface area contributed by atoms with Gasteiger partial charge in [0.05, 0.1) is 21.2 Å². The molecule has 0 fully saturated rings. The maximum absolute atomic E-state index is 13.1. The van der Waals surface area contributed by atoms with Gasteiger partial charge in [0.15, 0.2) is 0 Å². The van der Waals surface area contributed by atoms with Crippen LogP contribution < -0.4 is 4.72 Å². The largest absolute Gasteiger partial charge is 0.506 e. The minimum atomic E-state index is -3.98. The fourth-order valence-corrected chi connectivity index (χ4v) is 5.81. The monoisotopic (exact) mass is 515 g/mol. The van der Waals surface area contributed by atoms with Crippen LogP contribution in [0.3, 0.4) is 0 Å². The molecule has 0 radical (unpaired) electrons. The number of phenolic OH excluding ortho intramolecular Hbond substituents is 1. The van der Waals surface area contributed by atoms with E-state index in [2.05, 4.69) is 4.72 Å². The summed E-state index contributed by atoms with van der Waals surface area (Å²) in [6.45, 7) is 0. The summed E-state index contributed by atoms with van der Waals surface area (Å²) < 4.78 is 41.8. The summed E-state index contributed by atoms with van der Waals surface area (Å²) >= 11 is 2.27. The number of aliphatic carboxylic acids is 1. The number of fused-ring (bicyclic) bond motifs is 1. The highest BCUT2D eigenvalue weighted by atomic mass is 32.2. The van der Waals surface area contributed by atoms with Gasteiger partial charge in [-0.1, -0.05) is 36.0 Å². The Morgan fingerprint density at radius 1 is 0.912 bits per heavy atom. The van der Waals surface area contributed by atoms with Crippen LogP contribution in [0.4, 0.5) is 10.1 Å². The van der Waals surface area contributed by atoms with E-state index in [1.165, 1.54) is 42.1 Å². The number of benzene rings is 4. The van der Waals surface area contributed by atoms with E-state index in [0.717, 1.165) is 21.6 Å². The van der Waals surface area contributed by atoms with Crippen molar-refractivity contribution in [2.45, 2.75) is 19.6 Å². The molecule has 0 unspecified atom stereocenters. The van der Waals surface area contributed by atoms with E-state index < -0.39 is 16.0 Å². The Hall–Kier alpha value is -3.21. The zero-order valence-electron chi connectivity index (χ0n) is 17.4. The van der Waals surface area contributed by atoms with Gasteiger partial charge in [-0.3, -0.25) is 9.52 Å². The average Bonchev–Trinajstić information content (AvgIpc) is 2.82. The molecule has 0 saturated heterocycles. The smallest absolute Gasteiger partial charge is 0.313 e. The third kappa shape index (κ3) is 5.46. The van der Waals surface area contributed by atoms with E-state index in [9.17, 15) is 22.7 Å². The second kappa shape index (κ2) is 9.96. The van der Waals surface area contributed by atoms with Crippen LogP contribution in [0.15, 0.2) is 98.4 Å². The van der Waals surface area contributed by atoms with Crippen molar-refractivity contribution < 1.29 is 27.8 Å². The van der Waals surface area contributed by atoms with Gasteiger partial charge in [-0.15, -0.1) is 11.8 Å². The number of rotatable bonds is 8. The molecule has 0 amide bonds. The summed E-state index contributed by atoms with van der Waals surface area (Å²) in [6.07, 6.45) is 0. The molecule has 0 aliphatic heterocycles. The molecule has 4 aromatic carbocycles. The van der Waals surface area contributed by atoms with Gasteiger partial charge in [-0.25, -0.2) is 12.8 Å². The number of halogens is 1. The highest BCUT2D eigenvalue weighted by Gasteiger charge is 2.19. The molecule has 0 aromatic heterocycles. The minimum Gasteiger partial charge on any atom is -0.506 e. The van der Waals surface area contributed by atoms with Crippen molar-refractivity contribution in [3.63, 3.8) is 0 Å². The summed E-state index contributed by atoms with van der Waals surface area (Å²) in [5, 5.41) is 20.4. The lowest BCUT2D eigenvalue weighted by Crippen LogP contribution is -2.13. The Kier molecular flexibility index (Phi) is 7.01. The molecule has 4 aromatic rings. The SMILES string of the molecule is O=C(O)CSc1cc(NS(=O)(=O)c2ccc(Sc3ccc(F)cc3)cc2)c2ccccc2c1O. The first kappa shape index (κ1) is 23.9. The Morgan fingerprint density at radius 3 is 2.12 bits per heavy atom. The lowest BCUT2D eigenvalue weighted by molar-refractivity contribution is -0.133. The Labute approximate surface area is 203 Å². The number of carboxylic acid groups (broad SMARTS) is 1. The first-order valence-corrected chi connectivity index (χ1v) is 13.2. The summed E-state index contributed by atoms with van der Waals surface area (Å²) in [7, 11) is -3.98. The van der Waals surface area contributed by atoms with Crippen LogP contribution in [0.5, 0.6) is 5.75 Å². The van der Waals surface area contributed by atoms with Crippen molar-refractivity contribution in [3.8, 4) is 5.75 Å². The number of carbonyl (C=O) groups is 1. The van der Waals surface area contributed by atoms with E-state index in [1.54, 1.807) is 48.5 Å². The van der Waals surface area contributed by atoms with Crippen molar-refractivity contribution in [3.05, 3.63) is 84.7 Å². The van der Waals surface area contributed by atoms with Gasteiger partial charge >= 0.3 is 5.97 Å². The molecule has 0 saturated carbocycles. The van der Waals surface area contributed by atoms with E-state index in [1.807, 2.05) is 0 Å². The third-order valence-corrected chi connectivity index (χ3v) is 8.17. The number of phenols is 1. The zero-order valence-corrected chi connectivity index (χ0v) is 19.9. The number of aromatic hydroxyl groups is 1. The molecule has 0 spiro atoms. The first-order valence-electron chi connectivity index (χ1n) is 9.88. The van der Waals surface area contributed by atoms with Gasteiger partial charge in [0.25, 0.3) is 10.0 Å². The number of sulfonamides is 1. The number of anilines is 1. The maximum atomic E-state index is 13.1. The van der Waals surface area contributed by atoms with Gasteiger partial charge in [0.1, 0.15) is 11.6 Å². The van der Waals surface area contributed by atoms with Crippen molar-refractivity contribution >= 4 is 56.0 Å². The minimum absolute atomic E-state index is 0.0350. The third-order valence-electron chi connectivity index (χ3n) is 4.76. The summed E-state index contributed by atoms with van der Waals surface area (Å²) in [5.41, 5.74) is 0.228. The molecule has 3 N–H and O–H groups in total. The number of nitrogens with one attached hydrogen (secondary N) is 1. The summed E-state index contributed by atoms with van der Waals surface area (Å²) in [6, 6.07) is 20.4. The van der Waals surface area contributed by atoms with Crippen molar-refractivity contribution in [2.24, 2.45) is 0 Å². The van der Waals surface area contributed by atoms with Gasteiger partial charge in [0.2, 0.25) is 0 Å². The average molecular weight is 516 g/mol. The normalized spacial score (nSPS) is 11.4. The molecule has 34 heavy (non-hydrogen) atoms. The molecule has 0 aliphatic rings. The molecule has 6 nitrogen and oxygen atoms in total. The van der Waals surface area contributed by atoms with Crippen molar-refractivity contribution in [2.75, 3.05) is 10.5 Å². The predicted molar refractivity (Wildman–Crippen MR) is 132 cm³/mol. The molecule has 0 aliphatic carbocycles. The number of carboxylic acids is 1. The zero-order chi connectivity index (χ0) is 24.3. The Morgan fingerprint density at radius 2 is 1.50 bits per heavy atom. The molecule has 0 heterocycles. The second-order valence-corrected chi connectivity index (χ2v) is 11.0. The fourth-order valence-electron chi connectivity index (χ4n) is 3.20. The molecule has 4 rings (SSSR count). The maximum Gasteiger partial charge on any atom is 0.313 e. The molecular formula is C24H18FNO5S3. The van der Waals surface area contributed by atoms with Crippen LogP contribution in [-0.4, -0.2) is 30.4 Å². The first-order chi connectivity index (χ1) is 16.2. The van der Waals surface area contributed by atoms with Crippen molar-refractivity contribution in [1.29, 1.82) is 0 Å². The van der Waals surface area contributed by atoms with Gasteiger partial charge in [-0.2, -0.15) is 0 Å². The van der Waals surface area contributed by atoms with E-state index in [4.69, 9.17) is 5.11 Å². The Balaban J connectivity index is 1.62.